The molecule has 0 radical (unpaired) electrons. The number of benzene rings is 2. The molecule has 0 saturated carbocycles. The lowest BCUT2D eigenvalue weighted by Crippen LogP contribution is -2.39. The predicted molar refractivity (Wildman–Crippen MR) is 113 cm³/mol. The number of amides is 1. The number of thioether (sulfide) groups is 1. The van der Waals surface area contributed by atoms with Crippen molar-refractivity contribution < 1.29 is 22.0 Å². The highest BCUT2D eigenvalue weighted by Gasteiger charge is 2.48. The average Bonchev–Trinajstić information content (AvgIpc) is 3.14. The smallest absolute Gasteiger partial charge is 0.252 e. The van der Waals surface area contributed by atoms with E-state index in [4.69, 9.17) is 0 Å². The summed E-state index contributed by atoms with van der Waals surface area (Å²) in [7, 11) is -3.12. The van der Waals surface area contributed by atoms with Crippen molar-refractivity contribution in [1.29, 1.82) is 0 Å². The molecule has 2 aromatic rings. The average molecular weight is 451 g/mol. The molecular formula is C21H20F2N2O3S2. The zero-order valence-electron chi connectivity index (χ0n) is 16.0. The van der Waals surface area contributed by atoms with Crippen LogP contribution >= 0.6 is 11.8 Å². The molecule has 9 heteroatoms. The number of amidine groups is 1. The highest BCUT2D eigenvalue weighted by molar-refractivity contribution is 8.15. The van der Waals surface area contributed by atoms with Crippen molar-refractivity contribution in [2.45, 2.75) is 24.1 Å². The van der Waals surface area contributed by atoms with Crippen LogP contribution in [0.25, 0.3) is 0 Å². The Labute approximate surface area is 178 Å². The van der Waals surface area contributed by atoms with Gasteiger partial charge in [-0.25, -0.2) is 17.2 Å². The van der Waals surface area contributed by atoms with Crippen molar-refractivity contribution in [1.82, 2.24) is 4.90 Å². The zero-order chi connectivity index (χ0) is 21.3. The second-order valence-corrected chi connectivity index (χ2v) is 10.8. The van der Waals surface area contributed by atoms with E-state index in [1.54, 1.807) is 24.3 Å². The summed E-state index contributed by atoms with van der Waals surface area (Å²) in [4.78, 5) is 18.6. The highest BCUT2D eigenvalue weighted by atomic mass is 32.2. The van der Waals surface area contributed by atoms with Gasteiger partial charge >= 0.3 is 0 Å². The van der Waals surface area contributed by atoms with E-state index in [-0.39, 0.29) is 46.8 Å². The summed E-state index contributed by atoms with van der Waals surface area (Å²) < 4.78 is 50.3. The number of aliphatic imine (C=N–C) groups is 1. The molecule has 2 saturated heterocycles. The Morgan fingerprint density at radius 1 is 1.00 bits per heavy atom. The quantitative estimate of drug-likeness (QED) is 0.701. The van der Waals surface area contributed by atoms with Crippen molar-refractivity contribution in [2.24, 2.45) is 4.99 Å². The standard InChI is InChI=1S/C21H20F2N2O3S2/c22-16-5-1-14(2-6-16)9-10-25-18-12-30(27,28)13-19(18)29-21(25)24-20(26)11-15-3-7-17(23)8-4-15/h1-8,18-19H,9-13H2/t18-,19+/m0/s1. The Kier molecular flexibility index (Phi) is 5.92. The van der Waals surface area contributed by atoms with E-state index in [0.29, 0.717) is 23.7 Å². The molecule has 0 N–H and O–H groups in total. The van der Waals surface area contributed by atoms with Crippen LogP contribution in [0.15, 0.2) is 53.5 Å². The van der Waals surface area contributed by atoms with Crippen LogP contribution < -0.4 is 0 Å². The molecule has 5 nitrogen and oxygen atoms in total. The Balaban J connectivity index is 1.50. The lowest BCUT2D eigenvalue weighted by atomic mass is 10.1. The first kappa shape index (κ1) is 21.0. The molecular weight excluding hydrogens is 430 g/mol. The first-order valence-corrected chi connectivity index (χ1v) is 12.2. The molecule has 2 fully saturated rings. The summed E-state index contributed by atoms with van der Waals surface area (Å²) in [5.41, 5.74) is 1.58. The van der Waals surface area contributed by atoms with Crippen LogP contribution in [0.3, 0.4) is 0 Å². The molecule has 0 spiro atoms. The SMILES string of the molecule is O=C(Cc1ccc(F)cc1)N=C1S[C@@H]2CS(=O)(=O)C[C@@H]2N1CCc1ccc(F)cc1. The molecule has 2 aromatic carbocycles. The Morgan fingerprint density at radius 2 is 1.60 bits per heavy atom. The van der Waals surface area contributed by atoms with E-state index in [1.807, 2.05) is 4.90 Å². The molecule has 0 aromatic heterocycles. The minimum Gasteiger partial charge on any atom is -0.346 e. The minimum absolute atomic E-state index is 0.0409. The van der Waals surface area contributed by atoms with Gasteiger partial charge in [0.05, 0.1) is 24.0 Å². The first-order valence-electron chi connectivity index (χ1n) is 9.53. The maximum Gasteiger partial charge on any atom is 0.252 e. The van der Waals surface area contributed by atoms with Gasteiger partial charge in [-0.15, -0.1) is 0 Å². The number of hydrogen-bond acceptors (Lipinski definition) is 4. The third-order valence-corrected chi connectivity index (χ3v) is 8.47. The van der Waals surface area contributed by atoms with E-state index in [1.165, 1.54) is 36.0 Å². The molecule has 2 aliphatic rings. The Bertz CT molecular complexity index is 1070. The van der Waals surface area contributed by atoms with Crippen molar-refractivity contribution in [3.63, 3.8) is 0 Å². The highest BCUT2D eigenvalue weighted by Crippen LogP contribution is 2.38. The molecule has 30 heavy (non-hydrogen) atoms. The third-order valence-electron chi connectivity index (χ3n) is 5.22. The second kappa shape index (κ2) is 8.47. The van der Waals surface area contributed by atoms with Gasteiger partial charge in [-0.05, 0) is 41.8 Å². The van der Waals surface area contributed by atoms with E-state index in [0.717, 1.165) is 5.56 Å². The molecule has 0 aliphatic carbocycles. The van der Waals surface area contributed by atoms with Gasteiger partial charge in [0, 0.05) is 11.8 Å². The van der Waals surface area contributed by atoms with Gasteiger partial charge in [-0.3, -0.25) is 4.79 Å². The van der Waals surface area contributed by atoms with Crippen LogP contribution in [0.1, 0.15) is 11.1 Å². The molecule has 1 amide bonds. The largest absolute Gasteiger partial charge is 0.346 e. The van der Waals surface area contributed by atoms with Gasteiger partial charge in [0.2, 0.25) is 0 Å². The normalized spacial score (nSPS) is 23.7. The number of nitrogens with zero attached hydrogens (tertiary/aromatic N) is 2. The fraction of sp³-hybridized carbons (Fsp3) is 0.333. The van der Waals surface area contributed by atoms with E-state index in [2.05, 4.69) is 4.99 Å². The number of fused-ring (bicyclic) bond motifs is 1. The molecule has 2 atom stereocenters. The van der Waals surface area contributed by atoms with Gasteiger partial charge in [0.15, 0.2) is 15.0 Å². The van der Waals surface area contributed by atoms with Crippen LogP contribution in [0.2, 0.25) is 0 Å². The van der Waals surface area contributed by atoms with Crippen molar-refractivity contribution in [2.75, 3.05) is 18.1 Å². The number of halogens is 2. The molecule has 158 valence electrons. The predicted octanol–water partition coefficient (Wildman–Crippen LogP) is 2.85. The van der Waals surface area contributed by atoms with Crippen LogP contribution in [0.5, 0.6) is 0 Å². The summed E-state index contributed by atoms with van der Waals surface area (Å²) in [6.45, 7) is 0.484. The third kappa shape index (κ3) is 4.89. The lowest BCUT2D eigenvalue weighted by Gasteiger charge is -2.24. The fourth-order valence-electron chi connectivity index (χ4n) is 3.72. The summed E-state index contributed by atoms with van der Waals surface area (Å²) in [5.74, 6) is -0.936. The van der Waals surface area contributed by atoms with Gasteiger partial charge in [-0.2, -0.15) is 4.99 Å². The summed E-state index contributed by atoms with van der Waals surface area (Å²) in [5, 5.41) is 0.370. The van der Waals surface area contributed by atoms with E-state index in [9.17, 15) is 22.0 Å². The van der Waals surface area contributed by atoms with E-state index >= 15 is 0 Å². The molecule has 2 heterocycles. The molecule has 0 unspecified atom stereocenters. The minimum atomic E-state index is -3.12. The van der Waals surface area contributed by atoms with Crippen LogP contribution in [-0.2, 0) is 27.5 Å². The maximum absolute atomic E-state index is 13.1. The summed E-state index contributed by atoms with van der Waals surface area (Å²) in [6, 6.07) is 11.6. The number of rotatable bonds is 5. The van der Waals surface area contributed by atoms with E-state index < -0.39 is 9.84 Å². The Morgan fingerprint density at radius 3 is 2.23 bits per heavy atom. The fourth-order valence-corrected chi connectivity index (χ4v) is 7.72. The summed E-state index contributed by atoms with van der Waals surface area (Å²) >= 11 is 1.33. The topological polar surface area (TPSA) is 66.8 Å². The lowest BCUT2D eigenvalue weighted by molar-refractivity contribution is -0.117. The van der Waals surface area contributed by atoms with Gasteiger partial charge in [-0.1, -0.05) is 36.0 Å². The van der Waals surface area contributed by atoms with Crippen LogP contribution in [0.4, 0.5) is 8.78 Å². The van der Waals surface area contributed by atoms with Gasteiger partial charge in [0.25, 0.3) is 5.91 Å². The Hall–Kier alpha value is -2.26. The second-order valence-electron chi connectivity index (χ2n) is 7.46. The first-order chi connectivity index (χ1) is 14.3. The maximum atomic E-state index is 13.1. The number of sulfone groups is 1. The molecule has 0 bridgehead atoms. The van der Waals surface area contributed by atoms with Crippen molar-refractivity contribution in [3.05, 3.63) is 71.3 Å². The van der Waals surface area contributed by atoms with Crippen molar-refractivity contribution in [3.8, 4) is 0 Å². The van der Waals surface area contributed by atoms with Gasteiger partial charge < -0.3 is 4.90 Å². The number of carbonyl (C=O) groups is 1. The monoisotopic (exact) mass is 450 g/mol. The molecule has 4 rings (SSSR count). The summed E-state index contributed by atoms with van der Waals surface area (Å²) in [6.07, 6.45) is 0.624. The van der Waals surface area contributed by atoms with Crippen LogP contribution in [0, 0.1) is 11.6 Å². The molecule has 2 aliphatic heterocycles. The van der Waals surface area contributed by atoms with Gasteiger partial charge in [0.1, 0.15) is 11.6 Å². The number of carbonyl (C=O) groups excluding carboxylic acids is 1. The van der Waals surface area contributed by atoms with Crippen LogP contribution in [-0.4, -0.2) is 53.7 Å². The number of hydrogen-bond donors (Lipinski definition) is 0. The zero-order valence-corrected chi connectivity index (χ0v) is 17.6. The van der Waals surface area contributed by atoms with Crippen molar-refractivity contribution >= 4 is 32.7 Å².